The highest BCUT2D eigenvalue weighted by Gasteiger charge is 2.18. The van der Waals surface area contributed by atoms with Crippen LogP contribution in [0.5, 0.6) is 5.88 Å². The first-order valence-electron chi connectivity index (χ1n) is 6.69. The molecule has 0 aliphatic carbocycles. The van der Waals surface area contributed by atoms with Gasteiger partial charge >= 0.3 is 5.69 Å². The lowest BCUT2D eigenvalue weighted by Gasteiger charge is -2.11. The maximum Gasteiger partial charge on any atom is 0.326 e. The van der Waals surface area contributed by atoms with E-state index < -0.39 is 21.3 Å². The van der Waals surface area contributed by atoms with E-state index in [9.17, 15) is 18.0 Å². The third-order valence-corrected chi connectivity index (χ3v) is 4.59. The molecule has 24 heavy (non-hydrogen) atoms. The fourth-order valence-electron chi connectivity index (χ4n) is 2.15. The van der Waals surface area contributed by atoms with Gasteiger partial charge in [-0.05, 0) is 30.3 Å². The molecular weight excluding hydrogens is 336 g/mol. The second-order valence-electron chi connectivity index (χ2n) is 4.78. The van der Waals surface area contributed by atoms with Crippen LogP contribution in [0.3, 0.4) is 0 Å². The van der Waals surface area contributed by atoms with Crippen molar-refractivity contribution >= 4 is 26.6 Å². The Morgan fingerprint density at radius 1 is 1.17 bits per heavy atom. The highest BCUT2D eigenvalue weighted by molar-refractivity contribution is 7.92. The van der Waals surface area contributed by atoms with Crippen LogP contribution in [0.4, 0.5) is 5.69 Å². The van der Waals surface area contributed by atoms with E-state index in [0.717, 1.165) is 0 Å². The van der Waals surface area contributed by atoms with Gasteiger partial charge < -0.3 is 9.72 Å². The summed E-state index contributed by atoms with van der Waals surface area (Å²) in [6.45, 7) is 0. The van der Waals surface area contributed by atoms with Gasteiger partial charge in [-0.15, -0.1) is 0 Å². The molecule has 3 N–H and O–H groups in total. The number of rotatable bonds is 4. The molecular formula is C14H12N4O5S. The van der Waals surface area contributed by atoms with Crippen molar-refractivity contribution in [1.82, 2.24) is 15.0 Å². The Hall–Kier alpha value is -3.14. The van der Waals surface area contributed by atoms with E-state index in [1.807, 2.05) is 4.98 Å². The molecule has 10 heteroatoms. The molecule has 0 fully saturated rings. The SMILES string of the molecule is COc1ncccc1NS(=O)(=O)c1ccc2[nH]c(=O)[nH]c(=O)c2c1. The first-order chi connectivity index (χ1) is 11.4. The molecule has 0 aliphatic rings. The Morgan fingerprint density at radius 2 is 1.96 bits per heavy atom. The molecule has 1 aromatic carbocycles. The minimum absolute atomic E-state index is 0.0515. The van der Waals surface area contributed by atoms with Gasteiger partial charge in [-0.1, -0.05) is 0 Å². The number of fused-ring (bicyclic) bond motifs is 1. The fourth-order valence-corrected chi connectivity index (χ4v) is 3.23. The minimum Gasteiger partial charge on any atom is -0.480 e. The van der Waals surface area contributed by atoms with E-state index in [2.05, 4.69) is 14.7 Å². The average molecular weight is 348 g/mol. The summed E-state index contributed by atoms with van der Waals surface area (Å²) >= 11 is 0. The maximum atomic E-state index is 12.5. The second-order valence-corrected chi connectivity index (χ2v) is 6.46. The Balaban J connectivity index is 2.08. The first kappa shape index (κ1) is 15.7. The predicted molar refractivity (Wildman–Crippen MR) is 86.8 cm³/mol. The van der Waals surface area contributed by atoms with Gasteiger partial charge in [0.15, 0.2) is 0 Å². The number of ether oxygens (including phenoxy) is 1. The summed E-state index contributed by atoms with van der Waals surface area (Å²) in [7, 11) is -2.61. The van der Waals surface area contributed by atoms with Crippen LogP contribution in [-0.4, -0.2) is 30.5 Å². The summed E-state index contributed by atoms with van der Waals surface area (Å²) < 4.78 is 32.4. The fraction of sp³-hybridized carbons (Fsp3) is 0.0714. The lowest BCUT2D eigenvalue weighted by atomic mass is 10.2. The van der Waals surface area contributed by atoms with Crippen LogP contribution < -0.4 is 20.7 Å². The number of aromatic amines is 2. The van der Waals surface area contributed by atoms with Crippen molar-refractivity contribution < 1.29 is 13.2 Å². The van der Waals surface area contributed by atoms with Gasteiger partial charge in [-0.2, -0.15) is 0 Å². The Morgan fingerprint density at radius 3 is 2.71 bits per heavy atom. The second kappa shape index (κ2) is 5.81. The maximum absolute atomic E-state index is 12.5. The lowest BCUT2D eigenvalue weighted by molar-refractivity contribution is 0.400. The zero-order chi connectivity index (χ0) is 17.3. The molecule has 0 saturated carbocycles. The Bertz CT molecular complexity index is 1130. The zero-order valence-corrected chi connectivity index (χ0v) is 13.2. The number of sulfonamides is 1. The number of benzene rings is 1. The monoisotopic (exact) mass is 348 g/mol. The molecule has 0 saturated heterocycles. The van der Waals surface area contributed by atoms with Gasteiger partial charge in [0.05, 0.1) is 22.9 Å². The van der Waals surface area contributed by atoms with Crippen LogP contribution in [-0.2, 0) is 10.0 Å². The largest absolute Gasteiger partial charge is 0.480 e. The van der Waals surface area contributed by atoms with Crippen molar-refractivity contribution in [3.8, 4) is 5.88 Å². The van der Waals surface area contributed by atoms with Gasteiger partial charge in [0, 0.05) is 6.20 Å². The van der Waals surface area contributed by atoms with Crippen LogP contribution >= 0.6 is 0 Å². The molecule has 2 aromatic heterocycles. The average Bonchev–Trinajstić information content (AvgIpc) is 2.54. The lowest BCUT2D eigenvalue weighted by Crippen LogP contribution is -2.22. The summed E-state index contributed by atoms with van der Waals surface area (Å²) in [5.41, 5.74) is -0.941. The number of nitrogens with one attached hydrogen (secondary N) is 3. The van der Waals surface area contributed by atoms with E-state index in [0.29, 0.717) is 0 Å². The Kier molecular flexibility index (Phi) is 3.81. The molecule has 0 spiro atoms. The first-order valence-corrected chi connectivity index (χ1v) is 8.17. The van der Waals surface area contributed by atoms with Crippen LogP contribution in [0.2, 0.25) is 0 Å². The van der Waals surface area contributed by atoms with Crippen molar-refractivity contribution in [3.05, 3.63) is 57.4 Å². The van der Waals surface area contributed by atoms with Crippen LogP contribution in [0.25, 0.3) is 10.9 Å². The molecule has 3 aromatic rings. The summed E-state index contributed by atoms with van der Waals surface area (Å²) in [5, 5.41) is 0.0515. The van der Waals surface area contributed by atoms with Gasteiger partial charge in [-0.3, -0.25) is 14.5 Å². The van der Waals surface area contributed by atoms with Gasteiger partial charge in [0.1, 0.15) is 5.69 Å². The topological polar surface area (TPSA) is 134 Å². The third-order valence-electron chi connectivity index (χ3n) is 3.23. The van der Waals surface area contributed by atoms with Crippen LogP contribution in [0.15, 0.2) is 51.0 Å². The number of nitrogens with zero attached hydrogens (tertiary/aromatic N) is 1. The van der Waals surface area contributed by atoms with E-state index in [1.54, 1.807) is 6.07 Å². The molecule has 0 aliphatic heterocycles. The van der Waals surface area contributed by atoms with Crippen LogP contribution in [0, 0.1) is 0 Å². The molecule has 2 heterocycles. The van der Waals surface area contributed by atoms with E-state index in [4.69, 9.17) is 4.74 Å². The van der Waals surface area contributed by atoms with Gasteiger partial charge in [0.2, 0.25) is 5.88 Å². The van der Waals surface area contributed by atoms with Crippen molar-refractivity contribution in [2.24, 2.45) is 0 Å². The molecule has 124 valence electrons. The van der Waals surface area contributed by atoms with Crippen molar-refractivity contribution in [2.75, 3.05) is 11.8 Å². The molecule has 9 nitrogen and oxygen atoms in total. The highest BCUT2D eigenvalue weighted by atomic mass is 32.2. The standard InChI is InChI=1S/C14H12N4O5S/c1-23-13-11(3-2-6-15-13)18-24(21,22)8-4-5-10-9(7-8)12(19)17-14(20)16-10/h2-7,18H,1H3,(H2,16,17,19,20). The molecule has 3 rings (SSSR count). The number of methoxy groups -OCH3 is 1. The minimum atomic E-state index is -3.98. The van der Waals surface area contributed by atoms with Gasteiger partial charge in [0.25, 0.3) is 15.6 Å². The third kappa shape index (κ3) is 2.86. The predicted octanol–water partition coefficient (Wildman–Crippen LogP) is 0.421. The van der Waals surface area contributed by atoms with E-state index in [-0.39, 0.29) is 27.4 Å². The quantitative estimate of drug-likeness (QED) is 0.625. The number of aromatic nitrogens is 3. The Labute approximate surface area is 135 Å². The van der Waals surface area contributed by atoms with Crippen molar-refractivity contribution in [2.45, 2.75) is 4.90 Å². The molecule has 0 unspecified atom stereocenters. The number of anilines is 1. The normalized spacial score (nSPS) is 11.4. The number of pyridine rings is 1. The van der Waals surface area contributed by atoms with E-state index >= 15 is 0 Å². The van der Waals surface area contributed by atoms with Crippen LogP contribution in [0.1, 0.15) is 0 Å². The smallest absolute Gasteiger partial charge is 0.326 e. The highest BCUT2D eigenvalue weighted by Crippen LogP contribution is 2.24. The summed E-state index contributed by atoms with van der Waals surface area (Å²) in [5.74, 6) is 0.115. The van der Waals surface area contributed by atoms with Crippen molar-refractivity contribution in [1.29, 1.82) is 0 Å². The molecule has 0 atom stereocenters. The van der Waals surface area contributed by atoms with Crippen molar-refractivity contribution in [3.63, 3.8) is 0 Å². The summed E-state index contributed by atoms with van der Waals surface area (Å²) in [6.07, 6.45) is 1.46. The number of hydrogen-bond acceptors (Lipinski definition) is 6. The number of H-pyrrole nitrogens is 2. The summed E-state index contributed by atoms with van der Waals surface area (Å²) in [4.78, 5) is 31.3. The van der Waals surface area contributed by atoms with Gasteiger partial charge in [-0.25, -0.2) is 18.2 Å². The summed E-state index contributed by atoms with van der Waals surface area (Å²) in [6, 6.07) is 6.85. The zero-order valence-electron chi connectivity index (χ0n) is 12.4. The number of hydrogen-bond donors (Lipinski definition) is 3. The molecule has 0 bridgehead atoms. The molecule has 0 amide bonds. The van der Waals surface area contributed by atoms with E-state index in [1.165, 1.54) is 37.6 Å². The molecule has 0 radical (unpaired) electrons.